The first-order valence-electron chi connectivity index (χ1n) is 5.14. The highest BCUT2D eigenvalue weighted by molar-refractivity contribution is 7.99. The average Bonchev–Trinajstić information content (AvgIpc) is 2.63. The summed E-state index contributed by atoms with van der Waals surface area (Å²) in [6.07, 6.45) is 3.59. The van der Waals surface area contributed by atoms with Gasteiger partial charge in [0.05, 0.1) is 0 Å². The summed E-state index contributed by atoms with van der Waals surface area (Å²) in [7, 11) is 1.90. The second-order valence-electron chi connectivity index (χ2n) is 3.44. The van der Waals surface area contributed by atoms with Crippen molar-refractivity contribution in [1.82, 2.24) is 20.2 Å². The van der Waals surface area contributed by atoms with E-state index in [9.17, 15) is 0 Å². The molecule has 0 aliphatic heterocycles. The Bertz CT molecular complexity index is 275. The first kappa shape index (κ1) is 12.5. The Hall–Kier alpha value is -0.590. The number of aromatic nitrogens is 3. The molecule has 3 N–H and O–H groups in total. The van der Waals surface area contributed by atoms with Gasteiger partial charge in [-0.25, -0.2) is 4.98 Å². The molecule has 86 valence electrons. The van der Waals surface area contributed by atoms with Crippen molar-refractivity contribution in [2.24, 2.45) is 12.9 Å². The standard InChI is InChI=1S/C9H19N5S/c1-3-4-15-6-8(13-10)5-9-11-7-12-14(9)2/h7-8,13H,3-6,10H2,1-2H3. The van der Waals surface area contributed by atoms with Gasteiger partial charge in [-0.3, -0.25) is 16.0 Å². The zero-order chi connectivity index (χ0) is 11.1. The predicted molar refractivity (Wildman–Crippen MR) is 63.4 cm³/mol. The topological polar surface area (TPSA) is 68.8 Å². The summed E-state index contributed by atoms with van der Waals surface area (Å²) in [5, 5.41) is 4.03. The lowest BCUT2D eigenvalue weighted by Crippen LogP contribution is -2.39. The molecule has 1 heterocycles. The molecule has 0 aliphatic rings. The molecule has 0 radical (unpaired) electrons. The molecular formula is C9H19N5S. The van der Waals surface area contributed by atoms with Crippen LogP contribution in [0.15, 0.2) is 6.33 Å². The molecule has 0 spiro atoms. The Kier molecular flexibility index (Phi) is 5.67. The van der Waals surface area contributed by atoms with E-state index in [1.165, 1.54) is 12.2 Å². The van der Waals surface area contributed by atoms with E-state index in [4.69, 9.17) is 5.84 Å². The lowest BCUT2D eigenvalue weighted by atomic mass is 10.2. The number of hydrogen-bond acceptors (Lipinski definition) is 5. The van der Waals surface area contributed by atoms with Gasteiger partial charge in [0, 0.05) is 25.3 Å². The number of aryl methyl sites for hydroxylation is 1. The van der Waals surface area contributed by atoms with E-state index in [0.717, 1.165) is 18.0 Å². The Morgan fingerprint density at radius 1 is 1.67 bits per heavy atom. The fraction of sp³-hybridized carbons (Fsp3) is 0.778. The van der Waals surface area contributed by atoms with Crippen molar-refractivity contribution >= 4 is 11.8 Å². The quantitative estimate of drug-likeness (QED) is 0.401. The summed E-state index contributed by atoms with van der Waals surface area (Å²) in [4.78, 5) is 4.18. The van der Waals surface area contributed by atoms with E-state index in [1.807, 2.05) is 18.8 Å². The van der Waals surface area contributed by atoms with Crippen LogP contribution in [-0.4, -0.2) is 32.3 Å². The van der Waals surface area contributed by atoms with Gasteiger partial charge < -0.3 is 0 Å². The second kappa shape index (κ2) is 6.81. The Morgan fingerprint density at radius 2 is 2.47 bits per heavy atom. The molecule has 1 aromatic rings. The first-order chi connectivity index (χ1) is 7.27. The number of nitrogens with zero attached hydrogens (tertiary/aromatic N) is 3. The van der Waals surface area contributed by atoms with Gasteiger partial charge in [0.2, 0.25) is 0 Å². The lowest BCUT2D eigenvalue weighted by Gasteiger charge is -2.14. The zero-order valence-corrected chi connectivity index (χ0v) is 10.1. The molecule has 0 fully saturated rings. The fourth-order valence-electron chi connectivity index (χ4n) is 1.26. The number of nitrogens with one attached hydrogen (secondary N) is 1. The van der Waals surface area contributed by atoms with Gasteiger partial charge in [-0.2, -0.15) is 16.9 Å². The van der Waals surface area contributed by atoms with Crippen molar-refractivity contribution in [2.45, 2.75) is 25.8 Å². The summed E-state index contributed by atoms with van der Waals surface area (Å²) in [5.41, 5.74) is 2.82. The lowest BCUT2D eigenvalue weighted by molar-refractivity contribution is 0.544. The smallest absolute Gasteiger partial charge is 0.138 e. The average molecular weight is 229 g/mol. The van der Waals surface area contributed by atoms with Crippen molar-refractivity contribution in [3.8, 4) is 0 Å². The number of hydrogen-bond donors (Lipinski definition) is 2. The minimum atomic E-state index is 0.268. The Labute approximate surface area is 94.8 Å². The number of hydrazine groups is 1. The first-order valence-corrected chi connectivity index (χ1v) is 6.30. The molecule has 0 amide bonds. The third-order valence-electron chi connectivity index (χ3n) is 2.14. The van der Waals surface area contributed by atoms with Gasteiger partial charge in [0.1, 0.15) is 12.2 Å². The third-order valence-corrected chi connectivity index (χ3v) is 3.47. The van der Waals surface area contributed by atoms with E-state index in [0.29, 0.717) is 0 Å². The van der Waals surface area contributed by atoms with Crippen LogP contribution in [0.2, 0.25) is 0 Å². The molecule has 1 unspecified atom stereocenters. The fourth-order valence-corrected chi connectivity index (χ4v) is 2.22. The minimum Gasteiger partial charge on any atom is -0.271 e. The Balaban J connectivity index is 2.36. The molecular weight excluding hydrogens is 210 g/mol. The summed E-state index contributed by atoms with van der Waals surface area (Å²) < 4.78 is 1.79. The zero-order valence-electron chi connectivity index (χ0n) is 9.31. The highest BCUT2D eigenvalue weighted by atomic mass is 32.2. The van der Waals surface area contributed by atoms with E-state index >= 15 is 0 Å². The van der Waals surface area contributed by atoms with Crippen molar-refractivity contribution in [3.63, 3.8) is 0 Å². The van der Waals surface area contributed by atoms with Crippen molar-refractivity contribution in [3.05, 3.63) is 12.2 Å². The molecule has 0 bridgehead atoms. The Morgan fingerprint density at radius 3 is 3.00 bits per heavy atom. The van der Waals surface area contributed by atoms with Crippen LogP contribution in [0.4, 0.5) is 0 Å². The van der Waals surface area contributed by atoms with E-state index in [1.54, 1.807) is 11.0 Å². The molecule has 5 nitrogen and oxygen atoms in total. The summed E-state index contributed by atoms with van der Waals surface area (Å²) in [5.74, 6) is 8.66. The predicted octanol–water partition coefficient (Wildman–Crippen LogP) is 0.333. The van der Waals surface area contributed by atoms with Crippen molar-refractivity contribution in [2.75, 3.05) is 11.5 Å². The summed E-state index contributed by atoms with van der Waals surface area (Å²) >= 11 is 1.91. The molecule has 0 saturated carbocycles. The number of nitrogens with two attached hydrogens (primary N) is 1. The second-order valence-corrected chi connectivity index (χ2v) is 4.59. The molecule has 0 saturated heterocycles. The summed E-state index contributed by atoms with van der Waals surface area (Å²) in [6.45, 7) is 2.18. The maximum atomic E-state index is 5.50. The van der Waals surface area contributed by atoms with Gasteiger partial charge in [-0.1, -0.05) is 6.92 Å². The van der Waals surface area contributed by atoms with Crippen LogP contribution in [0.1, 0.15) is 19.2 Å². The van der Waals surface area contributed by atoms with Crippen molar-refractivity contribution < 1.29 is 0 Å². The maximum absolute atomic E-state index is 5.50. The third kappa shape index (κ3) is 4.19. The van der Waals surface area contributed by atoms with Gasteiger partial charge in [0.25, 0.3) is 0 Å². The van der Waals surface area contributed by atoms with Crippen LogP contribution in [0.25, 0.3) is 0 Å². The maximum Gasteiger partial charge on any atom is 0.138 e. The van der Waals surface area contributed by atoms with Crippen LogP contribution in [-0.2, 0) is 13.5 Å². The monoisotopic (exact) mass is 229 g/mol. The molecule has 1 aromatic heterocycles. The van der Waals surface area contributed by atoms with Gasteiger partial charge >= 0.3 is 0 Å². The molecule has 6 heteroatoms. The molecule has 0 aliphatic carbocycles. The highest BCUT2D eigenvalue weighted by Crippen LogP contribution is 2.07. The van der Waals surface area contributed by atoms with Crippen LogP contribution in [0.5, 0.6) is 0 Å². The molecule has 15 heavy (non-hydrogen) atoms. The van der Waals surface area contributed by atoms with Gasteiger partial charge in [0.15, 0.2) is 0 Å². The van der Waals surface area contributed by atoms with Crippen LogP contribution in [0.3, 0.4) is 0 Å². The van der Waals surface area contributed by atoms with E-state index < -0.39 is 0 Å². The van der Waals surface area contributed by atoms with E-state index in [-0.39, 0.29) is 6.04 Å². The van der Waals surface area contributed by atoms with Crippen LogP contribution >= 0.6 is 11.8 Å². The van der Waals surface area contributed by atoms with Crippen LogP contribution < -0.4 is 11.3 Å². The van der Waals surface area contributed by atoms with Gasteiger partial charge in [-0.05, 0) is 12.2 Å². The minimum absolute atomic E-state index is 0.268. The molecule has 0 aromatic carbocycles. The highest BCUT2D eigenvalue weighted by Gasteiger charge is 2.10. The largest absolute Gasteiger partial charge is 0.271 e. The van der Waals surface area contributed by atoms with Crippen molar-refractivity contribution in [1.29, 1.82) is 0 Å². The van der Waals surface area contributed by atoms with Crippen LogP contribution in [0, 0.1) is 0 Å². The SMILES string of the molecule is CCCSCC(Cc1ncnn1C)NN. The molecule has 1 atom stereocenters. The molecule has 1 rings (SSSR count). The van der Waals surface area contributed by atoms with E-state index in [2.05, 4.69) is 22.4 Å². The normalized spacial score (nSPS) is 13.0. The number of thioether (sulfide) groups is 1. The number of rotatable bonds is 7. The van der Waals surface area contributed by atoms with Gasteiger partial charge in [-0.15, -0.1) is 0 Å². The summed E-state index contributed by atoms with van der Waals surface area (Å²) in [6, 6.07) is 0.268.